The maximum Gasteiger partial charge on any atom is 0.218 e. The Hall–Kier alpha value is -2.80. The van der Waals surface area contributed by atoms with E-state index in [1.54, 1.807) is 17.5 Å². The first-order valence-corrected chi connectivity index (χ1v) is 7.63. The summed E-state index contributed by atoms with van der Waals surface area (Å²) in [6.07, 6.45) is 1.71. The molecule has 3 heterocycles. The Morgan fingerprint density at radius 1 is 1.09 bits per heavy atom. The van der Waals surface area contributed by atoms with Crippen LogP contribution in [0, 0.1) is 0 Å². The fourth-order valence-corrected chi connectivity index (χ4v) is 2.69. The van der Waals surface area contributed by atoms with Gasteiger partial charge in [0.2, 0.25) is 11.7 Å². The van der Waals surface area contributed by atoms with Crippen molar-refractivity contribution in [2.75, 3.05) is 0 Å². The van der Waals surface area contributed by atoms with Gasteiger partial charge in [-0.3, -0.25) is 0 Å². The molecule has 0 bridgehead atoms. The first kappa shape index (κ1) is 12.9. The van der Waals surface area contributed by atoms with E-state index in [1.165, 1.54) is 4.80 Å². The molecule has 0 aliphatic heterocycles. The molecule has 3 aromatic heterocycles. The van der Waals surface area contributed by atoms with E-state index in [0.29, 0.717) is 18.3 Å². The van der Waals surface area contributed by atoms with Crippen LogP contribution in [0.5, 0.6) is 0 Å². The monoisotopic (exact) mass is 309 g/mol. The van der Waals surface area contributed by atoms with E-state index < -0.39 is 0 Å². The molecule has 0 fully saturated rings. The van der Waals surface area contributed by atoms with Crippen LogP contribution in [0.25, 0.3) is 22.7 Å². The average Bonchev–Trinajstić information content (AvgIpc) is 3.30. The molecular weight excluding hydrogens is 298 g/mol. The third-order valence-corrected chi connectivity index (χ3v) is 3.80. The maximum atomic E-state index is 5.74. The lowest BCUT2D eigenvalue weighted by Gasteiger charge is -1.95. The number of tetrazole rings is 1. The summed E-state index contributed by atoms with van der Waals surface area (Å²) in [5.74, 6) is 1.89. The summed E-state index contributed by atoms with van der Waals surface area (Å²) in [4.78, 5) is 5.75. The number of hydrogen-bond acceptors (Lipinski definition) is 6. The zero-order chi connectivity index (χ0) is 14.8. The highest BCUT2D eigenvalue weighted by Crippen LogP contribution is 2.20. The van der Waals surface area contributed by atoms with Crippen LogP contribution in [0.1, 0.15) is 5.89 Å². The number of thiophene rings is 1. The Morgan fingerprint density at radius 3 is 2.82 bits per heavy atom. The highest BCUT2D eigenvalue weighted by molar-refractivity contribution is 7.08. The maximum absolute atomic E-state index is 5.74. The Labute approximate surface area is 130 Å². The lowest BCUT2D eigenvalue weighted by molar-refractivity contribution is 0.447. The van der Waals surface area contributed by atoms with Gasteiger partial charge in [0.1, 0.15) is 6.54 Å². The number of hydrogen-bond donors (Lipinski definition) is 0. The normalized spacial score (nSPS) is 10.9. The van der Waals surface area contributed by atoms with Crippen molar-refractivity contribution in [3.8, 4) is 22.7 Å². The molecule has 0 atom stereocenters. The van der Waals surface area contributed by atoms with E-state index in [4.69, 9.17) is 4.42 Å². The summed E-state index contributed by atoms with van der Waals surface area (Å²) in [6.45, 7) is 0.351. The minimum absolute atomic E-state index is 0.351. The summed E-state index contributed by atoms with van der Waals surface area (Å²) in [5, 5.41) is 16.4. The molecule has 108 valence electrons. The van der Waals surface area contributed by atoms with Crippen LogP contribution < -0.4 is 0 Å². The summed E-state index contributed by atoms with van der Waals surface area (Å²) >= 11 is 1.60. The van der Waals surface area contributed by atoms with Crippen LogP contribution in [-0.4, -0.2) is 25.2 Å². The van der Waals surface area contributed by atoms with Crippen molar-refractivity contribution >= 4 is 11.3 Å². The Kier molecular flexibility index (Phi) is 3.24. The third-order valence-electron chi connectivity index (χ3n) is 3.12. The van der Waals surface area contributed by atoms with Crippen molar-refractivity contribution in [1.29, 1.82) is 0 Å². The molecule has 4 aromatic rings. The molecular formula is C15H11N5OS. The largest absolute Gasteiger partial charge is 0.439 e. The molecule has 0 unspecified atom stereocenters. The van der Waals surface area contributed by atoms with Crippen molar-refractivity contribution < 1.29 is 4.42 Å². The van der Waals surface area contributed by atoms with E-state index in [-0.39, 0.29) is 0 Å². The van der Waals surface area contributed by atoms with Gasteiger partial charge in [-0.15, -0.1) is 10.2 Å². The number of aromatic nitrogens is 5. The number of rotatable bonds is 4. The second kappa shape index (κ2) is 5.53. The molecule has 0 aliphatic rings. The molecule has 0 saturated heterocycles. The molecule has 0 aliphatic carbocycles. The van der Waals surface area contributed by atoms with Gasteiger partial charge in [-0.25, -0.2) is 4.98 Å². The molecule has 0 amide bonds. The molecule has 1 aromatic carbocycles. The van der Waals surface area contributed by atoms with E-state index >= 15 is 0 Å². The molecule has 6 nitrogen and oxygen atoms in total. The van der Waals surface area contributed by atoms with Gasteiger partial charge in [0, 0.05) is 16.5 Å². The summed E-state index contributed by atoms with van der Waals surface area (Å²) in [7, 11) is 0. The topological polar surface area (TPSA) is 69.6 Å². The van der Waals surface area contributed by atoms with Crippen molar-refractivity contribution in [2.24, 2.45) is 0 Å². The summed E-state index contributed by atoms with van der Waals surface area (Å²) in [5.41, 5.74) is 1.96. The van der Waals surface area contributed by atoms with Gasteiger partial charge in [-0.2, -0.15) is 16.1 Å². The third kappa shape index (κ3) is 2.53. The first-order valence-electron chi connectivity index (χ1n) is 6.69. The number of oxazole rings is 1. The van der Waals surface area contributed by atoms with Gasteiger partial charge in [0.25, 0.3) is 0 Å². The standard InChI is InChI=1S/C15H11N5OS/c1-2-4-11(5-3-1)13-8-16-14(21-13)9-20-18-15(17-19-20)12-6-7-22-10-12/h1-8,10H,9H2. The fourth-order valence-electron chi connectivity index (χ4n) is 2.06. The van der Waals surface area contributed by atoms with Crippen LogP contribution in [0.3, 0.4) is 0 Å². The van der Waals surface area contributed by atoms with Gasteiger partial charge in [-0.05, 0) is 16.7 Å². The molecule has 0 radical (unpaired) electrons. The second-order valence-corrected chi connectivity index (χ2v) is 5.42. The fraction of sp³-hybridized carbons (Fsp3) is 0.0667. The summed E-state index contributed by atoms with van der Waals surface area (Å²) in [6, 6.07) is 11.8. The molecule has 4 rings (SSSR count). The zero-order valence-electron chi connectivity index (χ0n) is 11.5. The predicted octanol–water partition coefficient (Wildman–Crippen LogP) is 3.10. The van der Waals surface area contributed by atoms with Gasteiger partial charge in [0.05, 0.1) is 6.20 Å². The quantitative estimate of drug-likeness (QED) is 0.579. The molecule has 0 N–H and O–H groups in total. The molecule has 7 heteroatoms. The average molecular weight is 309 g/mol. The van der Waals surface area contributed by atoms with Crippen molar-refractivity contribution in [2.45, 2.75) is 6.54 Å². The minimum Gasteiger partial charge on any atom is -0.439 e. The molecule has 0 spiro atoms. The van der Waals surface area contributed by atoms with Crippen LogP contribution in [-0.2, 0) is 6.54 Å². The minimum atomic E-state index is 0.351. The van der Waals surface area contributed by atoms with Gasteiger partial charge in [-0.1, -0.05) is 30.3 Å². The first-order chi connectivity index (χ1) is 10.9. The van der Waals surface area contributed by atoms with Gasteiger partial charge >= 0.3 is 0 Å². The van der Waals surface area contributed by atoms with Crippen molar-refractivity contribution in [3.05, 3.63) is 59.2 Å². The smallest absolute Gasteiger partial charge is 0.218 e. The van der Waals surface area contributed by atoms with Gasteiger partial charge in [0.15, 0.2) is 5.76 Å². The van der Waals surface area contributed by atoms with Gasteiger partial charge < -0.3 is 4.42 Å². The lowest BCUT2D eigenvalue weighted by Crippen LogP contribution is -2.04. The van der Waals surface area contributed by atoms with E-state index in [2.05, 4.69) is 20.4 Å². The highest BCUT2D eigenvalue weighted by Gasteiger charge is 2.10. The Balaban J connectivity index is 1.54. The van der Waals surface area contributed by atoms with E-state index in [1.807, 2.05) is 47.2 Å². The Morgan fingerprint density at radius 2 is 2.00 bits per heavy atom. The van der Waals surface area contributed by atoms with Crippen molar-refractivity contribution in [1.82, 2.24) is 25.2 Å². The molecule has 22 heavy (non-hydrogen) atoms. The highest BCUT2D eigenvalue weighted by atomic mass is 32.1. The van der Waals surface area contributed by atoms with Crippen LogP contribution in [0.4, 0.5) is 0 Å². The van der Waals surface area contributed by atoms with Crippen LogP contribution in [0.2, 0.25) is 0 Å². The van der Waals surface area contributed by atoms with E-state index in [0.717, 1.165) is 16.9 Å². The van der Waals surface area contributed by atoms with Crippen LogP contribution >= 0.6 is 11.3 Å². The van der Waals surface area contributed by atoms with Crippen molar-refractivity contribution in [3.63, 3.8) is 0 Å². The number of nitrogens with zero attached hydrogens (tertiary/aromatic N) is 5. The predicted molar refractivity (Wildman–Crippen MR) is 82.2 cm³/mol. The van der Waals surface area contributed by atoms with Crippen LogP contribution in [0.15, 0.2) is 57.8 Å². The Bertz CT molecular complexity index is 866. The zero-order valence-corrected chi connectivity index (χ0v) is 12.3. The molecule has 0 saturated carbocycles. The lowest BCUT2D eigenvalue weighted by atomic mass is 10.2. The number of benzene rings is 1. The SMILES string of the molecule is c1ccc(-c2cnc(Cn3nnc(-c4ccsc4)n3)o2)cc1. The second-order valence-electron chi connectivity index (χ2n) is 4.64. The van der Waals surface area contributed by atoms with E-state index in [9.17, 15) is 0 Å². The summed E-state index contributed by atoms with van der Waals surface area (Å²) < 4.78 is 5.74.